The van der Waals surface area contributed by atoms with Crippen LogP contribution in [-0.4, -0.2) is 36.9 Å². The standard InChI is InChI=1S/C19H21ClN2O4S/c1-24-16-5-4-12(20)9-14(16)18(23)21-19-22(10-13-3-2-7-26-13)15-11-25-8-6-17(15)27-19/h4-5,9,13H,2-3,6-8,10-11H2,1H3/b21-19-/t13-/m1/s1. The van der Waals surface area contributed by atoms with E-state index < -0.39 is 0 Å². The van der Waals surface area contributed by atoms with Crippen molar-refractivity contribution in [3.63, 3.8) is 0 Å². The van der Waals surface area contributed by atoms with Crippen molar-refractivity contribution in [3.05, 3.63) is 44.2 Å². The van der Waals surface area contributed by atoms with E-state index in [2.05, 4.69) is 9.56 Å². The molecule has 1 saturated heterocycles. The third kappa shape index (κ3) is 3.96. The van der Waals surface area contributed by atoms with E-state index in [-0.39, 0.29) is 12.0 Å². The van der Waals surface area contributed by atoms with Crippen molar-refractivity contribution >= 4 is 28.8 Å². The van der Waals surface area contributed by atoms with Crippen LogP contribution in [0.2, 0.25) is 5.02 Å². The number of hydrogen-bond donors (Lipinski definition) is 0. The Morgan fingerprint density at radius 1 is 1.44 bits per heavy atom. The van der Waals surface area contributed by atoms with Gasteiger partial charge in [-0.15, -0.1) is 11.3 Å². The van der Waals surface area contributed by atoms with Crippen molar-refractivity contribution in [3.8, 4) is 5.75 Å². The number of fused-ring (bicyclic) bond motifs is 1. The molecular formula is C19H21ClN2O4S. The molecule has 2 aliphatic heterocycles. The van der Waals surface area contributed by atoms with Gasteiger partial charge in [0.05, 0.1) is 44.2 Å². The van der Waals surface area contributed by atoms with Gasteiger partial charge in [-0.1, -0.05) is 11.6 Å². The minimum Gasteiger partial charge on any atom is -0.496 e. The number of hydrogen-bond acceptors (Lipinski definition) is 5. The first-order valence-corrected chi connectivity index (χ1v) is 10.2. The van der Waals surface area contributed by atoms with Gasteiger partial charge < -0.3 is 18.8 Å². The molecule has 27 heavy (non-hydrogen) atoms. The Bertz CT molecular complexity index is 915. The molecular weight excluding hydrogens is 388 g/mol. The van der Waals surface area contributed by atoms with Gasteiger partial charge in [0.25, 0.3) is 5.91 Å². The second kappa shape index (κ2) is 8.14. The van der Waals surface area contributed by atoms with Gasteiger partial charge in [-0.2, -0.15) is 4.99 Å². The molecule has 3 heterocycles. The van der Waals surface area contributed by atoms with Gasteiger partial charge in [0.15, 0.2) is 4.80 Å². The summed E-state index contributed by atoms with van der Waals surface area (Å²) in [5.74, 6) is 0.0958. The lowest BCUT2D eigenvalue weighted by atomic mass is 10.2. The molecule has 0 spiro atoms. The van der Waals surface area contributed by atoms with E-state index in [0.717, 1.165) is 31.6 Å². The molecule has 1 atom stereocenters. The number of thiazole rings is 1. The molecule has 0 radical (unpaired) electrons. The molecule has 0 unspecified atom stereocenters. The fourth-order valence-electron chi connectivity index (χ4n) is 3.44. The number of nitrogens with zero attached hydrogens (tertiary/aromatic N) is 2. The van der Waals surface area contributed by atoms with Crippen molar-refractivity contribution in [2.24, 2.45) is 4.99 Å². The molecule has 0 N–H and O–H groups in total. The first-order chi connectivity index (χ1) is 13.2. The van der Waals surface area contributed by atoms with Crippen LogP contribution in [0.15, 0.2) is 23.2 Å². The Balaban J connectivity index is 1.74. The second-order valence-electron chi connectivity index (χ2n) is 6.56. The zero-order chi connectivity index (χ0) is 18.8. The number of benzene rings is 1. The van der Waals surface area contributed by atoms with Crippen LogP contribution < -0.4 is 9.54 Å². The minimum absolute atomic E-state index is 0.153. The quantitative estimate of drug-likeness (QED) is 0.779. The third-order valence-corrected chi connectivity index (χ3v) is 6.22. The van der Waals surface area contributed by atoms with E-state index in [9.17, 15) is 4.79 Å². The van der Waals surface area contributed by atoms with Gasteiger partial charge in [-0.05, 0) is 31.0 Å². The van der Waals surface area contributed by atoms with E-state index in [1.807, 2.05) is 0 Å². The highest BCUT2D eigenvalue weighted by Crippen LogP contribution is 2.25. The summed E-state index contributed by atoms with van der Waals surface area (Å²) in [6, 6.07) is 4.96. The summed E-state index contributed by atoms with van der Waals surface area (Å²) < 4.78 is 18.8. The summed E-state index contributed by atoms with van der Waals surface area (Å²) >= 11 is 7.61. The number of amides is 1. The van der Waals surface area contributed by atoms with Crippen LogP contribution in [0, 0.1) is 0 Å². The highest BCUT2D eigenvalue weighted by molar-refractivity contribution is 7.09. The lowest BCUT2D eigenvalue weighted by molar-refractivity contribution is 0.0837. The average Bonchev–Trinajstić information content (AvgIpc) is 3.30. The average molecular weight is 409 g/mol. The largest absolute Gasteiger partial charge is 0.496 e. The van der Waals surface area contributed by atoms with Crippen LogP contribution in [0.5, 0.6) is 5.75 Å². The molecule has 1 fully saturated rings. The zero-order valence-electron chi connectivity index (χ0n) is 15.1. The normalized spacial score (nSPS) is 19.9. The maximum Gasteiger partial charge on any atom is 0.283 e. The predicted molar refractivity (Wildman–Crippen MR) is 103 cm³/mol. The van der Waals surface area contributed by atoms with Crippen LogP contribution in [0.3, 0.4) is 0 Å². The smallest absolute Gasteiger partial charge is 0.283 e. The molecule has 1 aromatic carbocycles. The zero-order valence-corrected chi connectivity index (χ0v) is 16.6. The monoisotopic (exact) mass is 408 g/mol. The maximum atomic E-state index is 12.9. The molecule has 2 aromatic rings. The first-order valence-electron chi connectivity index (χ1n) is 8.99. The van der Waals surface area contributed by atoms with Gasteiger partial charge in [0.1, 0.15) is 5.75 Å². The van der Waals surface area contributed by atoms with Crippen LogP contribution >= 0.6 is 22.9 Å². The van der Waals surface area contributed by atoms with Gasteiger partial charge in [-0.25, -0.2) is 0 Å². The summed E-state index contributed by atoms with van der Waals surface area (Å²) in [5.41, 5.74) is 1.46. The molecule has 144 valence electrons. The van der Waals surface area contributed by atoms with Crippen molar-refractivity contribution in [1.82, 2.24) is 4.57 Å². The van der Waals surface area contributed by atoms with Gasteiger partial charge >= 0.3 is 0 Å². The highest BCUT2D eigenvalue weighted by atomic mass is 35.5. The number of carbonyl (C=O) groups is 1. The maximum absolute atomic E-state index is 12.9. The van der Waals surface area contributed by atoms with Crippen LogP contribution in [0.1, 0.15) is 33.8 Å². The van der Waals surface area contributed by atoms with Crippen molar-refractivity contribution in [2.45, 2.75) is 38.5 Å². The van der Waals surface area contributed by atoms with Crippen molar-refractivity contribution in [2.75, 3.05) is 20.3 Å². The summed E-state index contributed by atoms with van der Waals surface area (Å²) in [4.78, 5) is 19.2. The SMILES string of the molecule is COc1ccc(Cl)cc1C(=O)/N=c1\sc2c(n1C[C@H]1CCCO1)COCC2. The molecule has 0 bridgehead atoms. The lowest BCUT2D eigenvalue weighted by Crippen LogP contribution is -2.27. The molecule has 0 saturated carbocycles. The third-order valence-electron chi connectivity index (χ3n) is 4.80. The number of carbonyl (C=O) groups excluding carboxylic acids is 1. The van der Waals surface area contributed by atoms with E-state index >= 15 is 0 Å². The minimum atomic E-state index is -0.366. The van der Waals surface area contributed by atoms with Gasteiger partial charge in [0.2, 0.25) is 0 Å². The van der Waals surface area contributed by atoms with Gasteiger partial charge in [0, 0.05) is 22.9 Å². The molecule has 8 heteroatoms. The Morgan fingerprint density at radius 3 is 3.11 bits per heavy atom. The van der Waals surface area contributed by atoms with Crippen LogP contribution in [0.4, 0.5) is 0 Å². The Labute approximate surface area is 166 Å². The van der Waals surface area contributed by atoms with Crippen LogP contribution in [-0.2, 0) is 29.0 Å². The van der Waals surface area contributed by atoms with E-state index in [4.69, 9.17) is 25.8 Å². The Kier molecular flexibility index (Phi) is 5.63. The van der Waals surface area contributed by atoms with E-state index in [0.29, 0.717) is 40.9 Å². The molecule has 2 aliphatic rings. The Hall–Kier alpha value is -1.67. The van der Waals surface area contributed by atoms with Crippen molar-refractivity contribution in [1.29, 1.82) is 0 Å². The lowest BCUT2D eigenvalue weighted by Gasteiger charge is -2.17. The Morgan fingerprint density at radius 2 is 2.33 bits per heavy atom. The number of ether oxygens (including phenoxy) is 3. The second-order valence-corrected chi connectivity index (χ2v) is 8.06. The first kappa shape index (κ1) is 18.7. The highest BCUT2D eigenvalue weighted by Gasteiger charge is 2.23. The number of rotatable bonds is 4. The summed E-state index contributed by atoms with van der Waals surface area (Å²) in [7, 11) is 1.53. The van der Waals surface area contributed by atoms with Crippen LogP contribution in [0.25, 0.3) is 0 Å². The fourth-order valence-corrected chi connectivity index (χ4v) is 4.72. The van der Waals surface area contributed by atoms with E-state index in [1.165, 1.54) is 12.0 Å². The summed E-state index contributed by atoms with van der Waals surface area (Å²) in [6.45, 7) is 2.72. The summed E-state index contributed by atoms with van der Waals surface area (Å²) in [6.07, 6.45) is 3.09. The molecule has 1 amide bonds. The van der Waals surface area contributed by atoms with Crippen molar-refractivity contribution < 1.29 is 19.0 Å². The number of aromatic nitrogens is 1. The molecule has 1 aromatic heterocycles. The van der Waals surface area contributed by atoms with Gasteiger partial charge in [-0.3, -0.25) is 4.79 Å². The molecule has 6 nitrogen and oxygen atoms in total. The van der Waals surface area contributed by atoms with E-state index in [1.54, 1.807) is 29.5 Å². The predicted octanol–water partition coefficient (Wildman–Crippen LogP) is 3.20. The molecule has 0 aliphatic carbocycles. The number of methoxy groups -OCH3 is 1. The topological polar surface area (TPSA) is 62.0 Å². The fraction of sp³-hybridized carbons (Fsp3) is 0.474. The summed E-state index contributed by atoms with van der Waals surface area (Å²) in [5, 5.41) is 0.473. The number of halogens is 1. The molecule has 4 rings (SSSR count).